The van der Waals surface area contributed by atoms with Crippen molar-refractivity contribution in [2.24, 2.45) is 17.3 Å². The van der Waals surface area contributed by atoms with E-state index in [1.807, 2.05) is 4.90 Å². The van der Waals surface area contributed by atoms with Crippen LogP contribution in [0.2, 0.25) is 0 Å². The molecule has 1 aromatic heterocycles. The standard InChI is InChI=1S/C18H26N2O3/c1-22-11-15-10-19(9-14-4-5-14)12-18(15)6-7-20(13-18)17(21)16-3-2-8-23-16/h2-3,8,14-15H,4-7,9-13H2,1H3/t15-,18-/m0/s1. The van der Waals surface area contributed by atoms with Gasteiger partial charge in [-0.05, 0) is 37.3 Å². The highest BCUT2D eigenvalue weighted by molar-refractivity contribution is 5.91. The van der Waals surface area contributed by atoms with Gasteiger partial charge in [0.25, 0.3) is 5.91 Å². The van der Waals surface area contributed by atoms with E-state index in [1.165, 1.54) is 19.4 Å². The quantitative estimate of drug-likeness (QED) is 0.834. The third kappa shape index (κ3) is 2.92. The molecule has 126 valence electrons. The Labute approximate surface area is 137 Å². The van der Waals surface area contributed by atoms with Crippen LogP contribution in [0.5, 0.6) is 0 Å². The summed E-state index contributed by atoms with van der Waals surface area (Å²) in [5.74, 6) is 1.93. The maximum absolute atomic E-state index is 12.6. The molecule has 2 atom stereocenters. The number of carbonyl (C=O) groups is 1. The number of rotatable bonds is 5. The van der Waals surface area contributed by atoms with Gasteiger partial charge in [0.1, 0.15) is 0 Å². The van der Waals surface area contributed by atoms with Crippen LogP contribution in [0.15, 0.2) is 22.8 Å². The molecule has 0 N–H and O–H groups in total. The number of nitrogens with zero attached hydrogens (tertiary/aromatic N) is 2. The van der Waals surface area contributed by atoms with Gasteiger partial charge >= 0.3 is 0 Å². The highest BCUT2D eigenvalue weighted by atomic mass is 16.5. The zero-order valence-corrected chi connectivity index (χ0v) is 13.9. The van der Waals surface area contributed by atoms with Crippen LogP contribution in [0.4, 0.5) is 0 Å². The van der Waals surface area contributed by atoms with Crippen molar-refractivity contribution in [1.29, 1.82) is 0 Å². The van der Waals surface area contributed by atoms with Crippen molar-refractivity contribution in [3.8, 4) is 0 Å². The molecule has 1 aliphatic carbocycles. The highest BCUT2D eigenvalue weighted by Crippen LogP contribution is 2.45. The number of furan rings is 1. The van der Waals surface area contributed by atoms with E-state index < -0.39 is 0 Å². The lowest BCUT2D eigenvalue weighted by Gasteiger charge is -2.30. The first-order chi connectivity index (χ1) is 11.2. The summed E-state index contributed by atoms with van der Waals surface area (Å²) in [7, 11) is 1.79. The molecule has 5 heteroatoms. The Morgan fingerprint density at radius 2 is 2.30 bits per heavy atom. The zero-order chi connectivity index (χ0) is 15.9. The smallest absolute Gasteiger partial charge is 0.289 e. The minimum Gasteiger partial charge on any atom is -0.459 e. The van der Waals surface area contributed by atoms with Crippen LogP contribution >= 0.6 is 0 Å². The van der Waals surface area contributed by atoms with Crippen molar-refractivity contribution < 1.29 is 13.9 Å². The number of carbonyl (C=O) groups excluding carboxylic acids is 1. The van der Waals surface area contributed by atoms with Gasteiger partial charge in [-0.3, -0.25) is 4.79 Å². The van der Waals surface area contributed by atoms with Crippen molar-refractivity contribution in [2.45, 2.75) is 19.3 Å². The SMILES string of the molecule is COC[C@@H]1CN(CC2CC2)C[C@]12CCN(C(=O)c1ccco1)C2. The van der Waals surface area contributed by atoms with E-state index >= 15 is 0 Å². The Balaban J connectivity index is 1.46. The van der Waals surface area contributed by atoms with Gasteiger partial charge in [-0.15, -0.1) is 0 Å². The molecule has 0 aromatic carbocycles. The molecule has 3 fully saturated rings. The Morgan fingerprint density at radius 3 is 3.00 bits per heavy atom. The summed E-state index contributed by atoms with van der Waals surface area (Å²) in [6, 6.07) is 3.54. The lowest BCUT2D eigenvalue weighted by Crippen LogP contribution is -2.38. The third-order valence-corrected chi connectivity index (χ3v) is 5.87. The summed E-state index contributed by atoms with van der Waals surface area (Å²) in [5.41, 5.74) is 0.202. The van der Waals surface area contributed by atoms with Crippen LogP contribution in [-0.2, 0) is 4.74 Å². The van der Waals surface area contributed by atoms with Gasteiger partial charge in [0, 0.05) is 51.2 Å². The average Bonchev–Trinajstić information content (AvgIpc) is 2.96. The monoisotopic (exact) mass is 318 g/mol. The average molecular weight is 318 g/mol. The van der Waals surface area contributed by atoms with E-state index in [2.05, 4.69) is 4.90 Å². The van der Waals surface area contributed by atoms with E-state index in [-0.39, 0.29) is 11.3 Å². The second-order valence-electron chi connectivity index (χ2n) is 7.61. The van der Waals surface area contributed by atoms with Crippen molar-refractivity contribution in [1.82, 2.24) is 9.80 Å². The topological polar surface area (TPSA) is 45.9 Å². The molecule has 0 radical (unpaired) electrons. The van der Waals surface area contributed by atoms with E-state index in [1.54, 1.807) is 25.5 Å². The first kappa shape index (κ1) is 15.2. The number of ether oxygens (including phenoxy) is 1. The Morgan fingerprint density at radius 1 is 1.43 bits per heavy atom. The predicted molar refractivity (Wildman–Crippen MR) is 86.2 cm³/mol. The Bertz CT molecular complexity index is 555. The second kappa shape index (κ2) is 5.95. The van der Waals surface area contributed by atoms with Crippen LogP contribution in [-0.4, -0.2) is 62.1 Å². The summed E-state index contributed by atoms with van der Waals surface area (Å²) >= 11 is 0. The molecule has 1 saturated carbocycles. The van der Waals surface area contributed by atoms with Gasteiger partial charge in [0.15, 0.2) is 5.76 Å². The van der Waals surface area contributed by atoms with Crippen LogP contribution in [0.25, 0.3) is 0 Å². The fraction of sp³-hybridized carbons (Fsp3) is 0.722. The third-order valence-electron chi connectivity index (χ3n) is 5.87. The summed E-state index contributed by atoms with van der Waals surface area (Å²) in [4.78, 5) is 17.2. The summed E-state index contributed by atoms with van der Waals surface area (Å²) in [6.45, 7) is 5.92. The summed E-state index contributed by atoms with van der Waals surface area (Å²) in [6.07, 6.45) is 5.43. The summed E-state index contributed by atoms with van der Waals surface area (Å²) < 4.78 is 10.8. The zero-order valence-electron chi connectivity index (χ0n) is 13.9. The molecule has 0 bridgehead atoms. The van der Waals surface area contributed by atoms with Crippen molar-refractivity contribution in [2.75, 3.05) is 46.4 Å². The van der Waals surface area contributed by atoms with Gasteiger partial charge in [-0.1, -0.05) is 0 Å². The number of methoxy groups -OCH3 is 1. The van der Waals surface area contributed by atoms with Crippen LogP contribution in [0.3, 0.4) is 0 Å². The van der Waals surface area contributed by atoms with E-state index in [9.17, 15) is 4.79 Å². The fourth-order valence-corrected chi connectivity index (χ4v) is 4.47. The van der Waals surface area contributed by atoms with Gasteiger partial charge < -0.3 is 19.0 Å². The molecule has 3 heterocycles. The van der Waals surface area contributed by atoms with E-state index in [0.29, 0.717) is 11.7 Å². The molecule has 1 aromatic rings. The lowest BCUT2D eigenvalue weighted by atomic mass is 9.77. The number of likely N-dealkylation sites (tertiary alicyclic amines) is 2. The van der Waals surface area contributed by atoms with Gasteiger partial charge in [0.05, 0.1) is 12.9 Å². The van der Waals surface area contributed by atoms with E-state index in [0.717, 1.165) is 45.1 Å². The van der Waals surface area contributed by atoms with Crippen molar-refractivity contribution in [3.05, 3.63) is 24.2 Å². The number of hydrogen-bond donors (Lipinski definition) is 0. The fourth-order valence-electron chi connectivity index (χ4n) is 4.47. The maximum Gasteiger partial charge on any atom is 0.289 e. The molecular formula is C18H26N2O3. The van der Waals surface area contributed by atoms with Gasteiger partial charge in [-0.25, -0.2) is 0 Å². The van der Waals surface area contributed by atoms with Gasteiger partial charge in [-0.2, -0.15) is 0 Å². The Hall–Kier alpha value is -1.33. The molecule has 1 spiro atoms. The Kier molecular flexibility index (Phi) is 3.93. The molecule has 2 saturated heterocycles. The first-order valence-electron chi connectivity index (χ1n) is 8.74. The van der Waals surface area contributed by atoms with Crippen molar-refractivity contribution >= 4 is 5.91 Å². The number of amides is 1. The minimum atomic E-state index is 0.0312. The van der Waals surface area contributed by atoms with Crippen LogP contribution < -0.4 is 0 Å². The van der Waals surface area contributed by atoms with Gasteiger partial charge in [0.2, 0.25) is 0 Å². The van der Waals surface area contributed by atoms with Crippen molar-refractivity contribution in [3.63, 3.8) is 0 Å². The van der Waals surface area contributed by atoms with Crippen LogP contribution in [0, 0.1) is 17.3 Å². The molecule has 0 unspecified atom stereocenters. The van der Waals surface area contributed by atoms with E-state index in [4.69, 9.17) is 9.15 Å². The highest BCUT2D eigenvalue weighted by Gasteiger charge is 2.51. The minimum absolute atomic E-state index is 0.0312. The molecule has 5 nitrogen and oxygen atoms in total. The predicted octanol–water partition coefficient (Wildman–Crippen LogP) is 2.10. The lowest BCUT2D eigenvalue weighted by molar-refractivity contribution is 0.0689. The maximum atomic E-state index is 12.6. The normalized spacial score (nSPS) is 31.3. The first-order valence-corrected chi connectivity index (χ1v) is 8.74. The van der Waals surface area contributed by atoms with Crippen LogP contribution in [0.1, 0.15) is 29.8 Å². The molecule has 1 amide bonds. The molecular weight excluding hydrogens is 292 g/mol. The second-order valence-corrected chi connectivity index (χ2v) is 7.61. The molecule has 2 aliphatic heterocycles. The number of hydrogen-bond acceptors (Lipinski definition) is 4. The molecule has 23 heavy (non-hydrogen) atoms. The molecule has 4 rings (SSSR count). The largest absolute Gasteiger partial charge is 0.459 e. The summed E-state index contributed by atoms with van der Waals surface area (Å²) in [5, 5.41) is 0. The molecule has 3 aliphatic rings.